The largest absolute Gasteiger partial charge is 0.350 e. The number of hydrogen-bond acceptors (Lipinski definition) is 3. The van der Waals surface area contributed by atoms with E-state index in [4.69, 9.17) is 5.73 Å². The van der Waals surface area contributed by atoms with Gasteiger partial charge in [0.25, 0.3) is 0 Å². The molecular weight excluding hydrogens is 288 g/mol. The second-order valence-electron chi connectivity index (χ2n) is 5.01. The zero-order chi connectivity index (χ0) is 14.5. The van der Waals surface area contributed by atoms with E-state index in [0.29, 0.717) is 6.42 Å². The normalized spacial score (nSPS) is 13.1. The Kier molecular flexibility index (Phi) is 6.39. The molecule has 6 heteroatoms. The average Bonchev–Trinajstić information content (AvgIpc) is 2.91. The first kappa shape index (κ1) is 17.2. The summed E-state index contributed by atoms with van der Waals surface area (Å²) < 4.78 is 1.79. The molecule has 0 spiro atoms. The van der Waals surface area contributed by atoms with Gasteiger partial charge in [-0.1, -0.05) is 12.1 Å². The summed E-state index contributed by atoms with van der Waals surface area (Å²) in [5.41, 5.74) is 7.66. The van der Waals surface area contributed by atoms with Crippen molar-refractivity contribution in [3.05, 3.63) is 48.3 Å². The first-order valence-electron chi connectivity index (χ1n) is 6.71. The van der Waals surface area contributed by atoms with Crippen LogP contribution in [-0.4, -0.2) is 21.7 Å². The molecule has 2 unspecified atom stereocenters. The summed E-state index contributed by atoms with van der Waals surface area (Å²) in [6.45, 7) is 3.78. The molecular formula is C15H21ClN4O. The van der Waals surface area contributed by atoms with Crippen LogP contribution < -0.4 is 11.1 Å². The van der Waals surface area contributed by atoms with Crippen LogP contribution in [0.4, 0.5) is 0 Å². The lowest BCUT2D eigenvalue weighted by Gasteiger charge is -2.15. The SMILES string of the molecule is CC(N)CC(=O)NC(C)c1ccc(-n2cccn2)cc1.Cl. The number of nitrogens with two attached hydrogens (primary N) is 1. The van der Waals surface area contributed by atoms with Crippen LogP contribution in [0.25, 0.3) is 5.69 Å². The summed E-state index contributed by atoms with van der Waals surface area (Å²) >= 11 is 0. The fourth-order valence-electron chi connectivity index (χ4n) is 2.01. The molecule has 0 saturated carbocycles. The number of rotatable bonds is 5. The number of nitrogens with one attached hydrogen (secondary N) is 1. The number of aromatic nitrogens is 2. The van der Waals surface area contributed by atoms with Crippen molar-refractivity contribution in [3.63, 3.8) is 0 Å². The average molecular weight is 309 g/mol. The topological polar surface area (TPSA) is 72.9 Å². The molecule has 1 amide bonds. The maximum absolute atomic E-state index is 11.7. The summed E-state index contributed by atoms with van der Waals surface area (Å²) in [6.07, 6.45) is 3.98. The van der Waals surface area contributed by atoms with Crippen LogP contribution in [0, 0.1) is 0 Å². The highest BCUT2D eigenvalue weighted by molar-refractivity contribution is 5.85. The van der Waals surface area contributed by atoms with Gasteiger partial charge < -0.3 is 11.1 Å². The Labute approximate surface area is 130 Å². The van der Waals surface area contributed by atoms with Crippen LogP contribution >= 0.6 is 12.4 Å². The van der Waals surface area contributed by atoms with Gasteiger partial charge in [0.15, 0.2) is 0 Å². The van der Waals surface area contributed by atoms with Crippen LogP contribution in [0.2, 0.25) is 0 Å². The van der Waals surface area contributed by atoms with Crippen molar-refractivity contribution in [1.29, 1.82) is 0 Å². The van der Waals surface area contributed by atoms with Crippen LogP contribution in [0.3, 0.4) is 0 Å². The lowest BCUT2D eigenvalue weighted by molar-refractivity contribution is -0.122. The van der Waals surface area contributed by atoms with Gasteiger partial charge in [-0.15, -0.1) is 12.4 Å². The van der Waals surface area contributed by atoms with Gasteiger partial charge >= 0.3 is 0 Å². The Morgan fingerprint density at radius 3 is 2.52 bits per heavy atom. The zero-order valence-corrected chi connectivity index (χ0v) is 13.0. The predicted molar refractivity (Wildman–Crippen MR) is 85.6 cm³/mol. The van der Waals surface area contributed by atoms with Gasteiger partial charge in [0.05, 0.1) is 11.7 Å². The highest BCUT2D eigenvalue weighted by atomic mass is 35.5. The van der Waals surface area contributed by atoms with Gasteiger partial charge in [-0.05, 0) is 37.6 Å². The van der Waals surface area contributed by atoms with Crippen LogP contribution in [0.1, 0.15) is 31.9 Å². The third kappa shape index (κ3) is 4.88. The van der Waals surface area contributed by atoms with Crippen molar-refractivity contribution in [2.45, 2.75) is 32.4 Å². The van der Waals surface area contributed by atoms with E-state index in [-0.39, 0.29) is 30.4 Å². The van der Waals surface area contributed by atoms with E-state index in [1.165, 1.54) is 0 Å². The molecule has 5 nitrogen and oxygen atoms in total. The van der Waals surface area contributed by atoms with Crippen molar-refractivity contribution >= 4 is 18.3 Å². The molecule has 1 heterocycles. The van der Waals surface area contributed by atoms with Crippen molar-refractivity contribution in [1.82, 2.24) is 15.1 Å². The molecule has 3 N–H and O–H groups in total. The van der Waals surface area contributed by atoms with Gasteiger partial charge in [-0.25, -0.2) is 4.68 Å². The molecule has 0 fully saturated rings. The van der Waals surface area contributed by atoms with Gasteiger partial charge in [0.2, 0.25) is 5.91 Å². The summed E-state index contributed by atoms with van der Waals surface area (Å²) in [4.78, 5) is 11.7. The smallest absolute Gasteiger partial charge is 0.222 e. The summed E-state index contributed by atoms with van der Waals surface area (Å²) in [5.74, 6) is -0.0244. The van der Waals surface area contributed by atoms with E-state index in [1.807, 2.05) is 50.4 Å². The van der Waals surface area contributed by atoms with Crippen LogP contribution in [0.15, 0.2) is 42.7 Å². The lowest BCUT2D eigenvalue weighted by Crippen LogP contribution is -2.31. The predicted octanol–water partition coefficient (Wildman–Crippen LogP) is 2.21. The number of nitrogens with zero attached hydrogens (tertiary/aromatic N) is 2. The minimum Gasteiger partial charge on any atom is -0.350 e. The highest BCUT2D eigenvalue weighted by Gasteiger charge is 2.11. The monoisotopic (exact) mass is 308 g/mol. The quantitative estimate of drug-likeness (QED) is 0.889. The lowest BCUT2D eigenvalue weighted by atomic mass is 10.1. The molecule has 0 aliphatic heterocycles. The third-order valence-corrected chi connectivity index (χ3v) is 3.05. The van der Waals surface area contributed by atoms with Crippen LogP contribution in [-0.2, 0) is 4.79 Å². The summed E-state index contributed by atoms with van der Waals surface area (Å²) in [7, 11) is 0. The number of benzene rings is 1. The molecule has 1 aromatic carbocycles. The van der Waals surface area contributed by atoms with Gasteiger partial charge in [0.1, 0.15) is 0 Å². The molecule has 1 aromatic heterocycles. The molecule has 2 rings (SSSR count). The van der Waals surface area contributed by atoms with Gasteiger partial charge in [0, 0.05) is 24.9 Å². The Morgan fingerprint density at radius 1 is 1.33 bits per heavy atom. The molecule has 0 aliphatic rings. The van der Waals surface area contributed by atoms with Crippen molar-refractivity contribution in [2.75, 3.05) is 0 Å². The molecule has 0 bridgehead atoms. The van der Waals surface area contributed by atoms with Crippen LogP contribution in [0.5, 0.6) is 0 Å². The maximum Gasteiger partial charge on any atom is 0.222 e. The molecule has 0 radical (unpaired) electrons. The second-order valence-corrected chi connectivity index (χ2v) is 5.01. The number of carbonyl (C=O) groups excluding carboxylic acids is 1. The fraction of sp³-hybridized carbons (Fsp3) is 0.333. The Bertz CT molecular complexity index is 552. The minimum absolute atomic E-state index is 0. The molecule has 21 heavy (non-hydrogen) atoms. The molecule has 2 aromatic rings. The van der Waals surface area contributed by atoms with E-state index < -0.39 is 0 Å². The Hall–Kier alpha value is -1.85. The first-order chi connectivity index (χ1) is 9.56. The van der Waals surface area contributed by atoms with Crippen molar-refractivity contribution in [3.8, 4) is 5.69 Å². The van der Waals surface area contributed by atoms with E-state index >= 15 is 0 Å². The zero-order valence-electron chi connectivity index (χ0n) is 12.2. The van der Waals surface area contributed by atoms with Gasteiger partial charge in [-0.3, -0.25) is 4.79 Å². The van der Waals surface area contributed by atoms with E-state index in [9.17, 15) is 4.79 Å². The second kappa shape index (κ2) is 7.81. The number of halogens is 1. The highest BCUT2D eigenvalue weighted by Crippen LogP contribution is 2.15. The molecule has 114 valence electrons. The summed E-state index contributed by atoms with van der Waals surface area (Å²) in [6, 6.07) is 9.68. The summed E-state index contributed by atoms with van der Waals surface area (Å²) in [5, 5.41) is 7.12. The van der Waals surface area contributed by atoms with Gasteiger partial charge in [-0.2, -0.15) is 5.10 Å². The van der Waals surface area contributed by atoms with Crippen molar-refractivity contribution in [2.24, 2.45) is 5.73 Å². The van der Waals surface area contributed by atoms with E-state index in [0.717, 1.165) is 11.3 Å². The fourth-order valence-corrected chi connectivity index (χ4v) is 2.01. The number of carbonyl (C=O) groups is 1. The third-order valence-electron chi connectivity index (χ3n) is 3.05. The van der Waals surface area contributed by atoms with Crippen molar-refractivity contribution < 1.29 is 4.79 Å². The molecule has 0 aliphatic carbocycles. The van der Waals surface area contributed by atoms with E-state index in [1.54, 1.807) is 10.9 Å². The number of amides is 1. The Morgan fingerprint density at radius 2 is 2.00 bits per heavy atom. The number of hydrogen-bond donors (Lipinski definition) is 2. The first-order valence-corrected chi connectivity index (χ1v) is 6.71. The standard InChI is InChI=1S/C15H20N4O.ClH/c1-11(16)10-15(20)18-12(2)13-4-6-14(7-5-13)19-9-3-8-17-19;/h3-9,11-12H,10,16H2,1-2H3,(H,18,20);1H. The Balaban J connectivity index is 0.00000220. The van der Waals surface area contributed by atoms with E-state index in [2.05, 4.69) is 10.4 Å². The minimum atomic E-state index is -0.121. The molecule has 0 saturated heterocycles. The molecule has 2 atom stereocenters. The maximum atomic E-state index is 11.7.